The number of nitrogens with one attached hydrogen (secondary N) is 5. The SMILES string of the molecule is Cc1cc(OC(C)C)c(Nc2ncc(C)c(Nc3ccccc3S(=O)(=O)C(C)C)n2)cc1-c1ccnc(N2CCN(C)CC2)c1.Cc1cnc(Nc2cc3c(cc2OC(C)C)Cc2c-3n[nH]c2CO)nc1Nc1ccccc1S(=O)(=O)C(C)C. The molecular weight excluding hydrogens is 1100 g/mol. The lowest BCUT2D eigenvalue weighted by Gasteiger charge is -2.33. The summed E-state index contributed by atoms with van der Waals surface area (Å²) in [5.41, 5.74) is 11.5. The summed E-state index contributed by atoms with van der Waals surface area (Å²) in [6.45, 7) is 24.2. The summed E-state index contributed by atoms with van der Waals surface area (Å²) in [5.74, 6) is 3.95. The highest BCUT2D eigenvalue weighted by Crippen LogP contribution is 2.44. The van der Waals surface area contributed by atoms with E-state index in [4.69, 9.17) is 14.5 Å². The van der Waals surface area contributed by atoms with Gasteiger partial charge in [-0.15, -0.1) is 0 Å². The molecule has 442 valence electrons. The van der Waals surface area contributed by atoms with Crippen molar-refractivity contribution in [1.29, 1.82) is 0 Å². The zero-order chi connectivity index (χ0) is 60.2. The number of hydrogen-bond donors (Lipinski definition) is 6. The fourth-order valence-corrected chi connectivity index (χ4v) is 12.1. The first-order chi connectivity index (χ1) is 40.0. The standard InChI is InChI=1S/C34H43N7O3S.C28H32N6O4S/c1-22(2)44-30-18-24(5)27(26-12-13-35-32(19-26)41-16-14-40(7)15-17-41)20-29(30)38-34-36-21-25(6)33(39-34)37-28-10-8-9-11-31(28)45(42,43)23(3)4;1-15(2)38-24-11-18-10-20-23(14-35)33-34-26(20)19(18)12-22(24)31-28-29-13-17(5)27(32-28)30-21-8-6-7-9-25(21)39(36,37)16(3)4/h8-13,18-23H,14-17H2,1-7H3,(H2,36,37,38,39);6-9,11-13,15-16,35H,10,14H2,1-5H3,(H,33,34)(H2,29,30,31,32). The average Bonchev–Trinajstić information content (AvgIpc) is 3.85. The van der Waals surface area contributed by atoms with Crippen LogP contribution in [0.4, 0.5) is 52.1 Å². The third kappa shape index (κ3) is 13.4. The van der Waals surface area contributed by atoms with Gasteiger partial charge in [0, 0.05) is 73.4 Å². The Kier molecular flexibility index (Phi) is 18.2. The van der Waals surface area contributed by atoms with E-state index < -0.39 is 30.2 Å². The van der Waals surface area contributed by atoms with Crippen molar-refractivity contribution >= 4 is 71.8 Å². The number of ether oxygens (including phenoxy) is 2. The van der Waals surface area contributed by atoms with Crippen molar-refractivity contribution in [2.24, 2.45) is 0 Å². The van der Waals surface area contributed by atoms with Crippen molar-refractivity contribution in [3.8, 4) is 33.9 Å². The number of fused-ring (bicyclic) bond motifs is 3. The van der Waals surface area contributed by atoms with E-state index in [1.807, 2.05) is 72.0 Å². The smallest absolute Gasteiger partial charge is 0.229 e. The van der Waals surface area contributed by atoms with E-state index in [9.17, 15) is 21.9 Å². The van der Waals surface area contributed by atoms with Crippen molar-refractivity contribution < 1.29 is 31.4 Å². The first-order valence-electron chi connectivity index (χ1n) is 28.1. The molecule has 1 fully saturated rings. The Morgan fingerprint density at radius 1 is 0.607 bits per heavy atom. The Morgan fingerprint density at radius 3 is 1.63 bits per heavy atom. The van der Waals surface area contributed by atoms with Gasteiger partial charge < -0.3 is 45.6 Å². The van der Waals surface area contributed by atoms with Gasteiger partial charge in [-0.2, -0.15) is 15.1 Å². The number of pyridine rings is 1. The molecule has 0 bridgehead atoms. The molecule has 1 aliphatic carbocycles. The Labute approximate surface area is 492 Å². The van der Waals surface area contributed by atoms with Crippen LogP contribution in [0, 0.1) is 20.8 Å². The molecule has 8 aromatic rings. The van der Waals surface area contributed by atoms with E-state index in [0.29, 0.717) is 64.2 Å². The summed E-state index contributed by atoms with van der Waals surface area (Å²) in [6, 6.07) is 25.9. The molecule has 10 rings (SSSR count). The number of aromatic nitrogens is 7. The number of nitrogens with zero attached hydrogens (tertiary/aromatic N) is 8. The second-order valence-electron chi connectivity index (χ2n) is 22.2. The molecule has 6 N–H and O–H groups in total. The van der Waals surface area contributed by atoms with Crippen molar-refractivity contribution in [1.82, 2.24) is 40.0 Å². The van der Waals surface area contributed by atoms with Crippen LogP contribution < -0.4 is 35.6 Å². The fourth-order valence-electron chi connectivity index (χ4n) is 9.71. The Bertz CT molecular complexity index is 3920. The number of benzene rings is 4. The van der Waals surface area contributed by atoms with Crippen LogP contribution >= 0.6 is 0 Å². The number of para-hydroxylation sites is 2. The molecule has 20 nitrogen and oxygen atoms in total. The normalized spacial score (nSPS) is 13.4. The number of aromatic amines is 1. The number of aryl methyl sites for hydroxylation is 3. The first-order valence-corrected chi connectivity index (χ1v) is 31.2. The Hall–Kier alpha value is -8.18. The molecule has 2 aliphatic rings. The molecule has 22 heteroatoms. The van der Waals surface area contributed by atoms with Gasteiger partial charge in [0.05, 0.1) is 73.2 Å². The summed E-state index contributed by atoms with van der Waals surface area (Å²) in [4.78, 5) is 28.2. The van der Waals surface area contributed by atoms with Gasteiger partial charge in [-0.05, 0) is 166 Å². The number of aliphatic hydroxyl groups excluding tert-OH is 1. The molecule has 5 heterocycles. The highest BCUT2D eigenvalue weighted by atomic mass is 32.2. The summed E-state index contributed by atoms with van der Waals surface area (Å²) in [7, 11) is -4.88. The molecule has 4 aromatic heterocycles. The number of H-pyrrole nitrogens is 1. The van der Waals surface area contributed by atoms with Gasteiger partial charge in [0.25, 0.3) is 0 Å². The van der Waals surface area contributed by atoms with E-state index in [-0.39, 0.29) is 28.6 Å². The van der Waals surface area contributed by atoms with E-state index >= 15 is 0 Å². The predicted octanol–water partition coefficient (Wildman–Crippen LogP) is 11.4. The van der Waals surface area contributed by atoms with Crippen molar-refractivity contribution in [3.63, 3.8) is 0 Å². The zero-order valence-corrected chi connectivity index (χ0v) is 51.3. The Morgan fingerprint density at radius 2 is 1.12 bits per heavy atom. The maximum atomic E-state index is 13.1. The van der Waals surface area contributed by atoms with Crippen molar-refractivity contribution in [2.45, 2.75) is 122 Å². The second-order valence-corrected chi connectivity index (χ2v) is 27.1. The van der Waals surface area contributed by atoms with E-state index in [1.54, 1.807) is 88.6 Å². The van der Waals surface area contributed by atoms with Crippen LogP contribution in [0.3, 0.4) is 0 Å². The number of rotatable bonds is 19. The average molecular weight is 1180 g/mol. The van der Waals surface area contributed by atoms with E-state index in [1.165, 1.54) is 0 Å². The van der Waals surface area contributed by atoms with Gasteiger partial charge in [-0.1, -0.05) is 24.3 Å². The van der Waals surface area contributed by atoms with Crippen LogP contribution in [0.2, 0.25) is 0 Å². The monoisotopic (exact) mass is 1180 g/mol. The number of hydrogen-bond acceptors (Lipinski definition) is 19. The molecular formula is C62H75N13O7S2. The molecule has 0 unspecified atom stereocenters. The van der Waals surface area contributed by atoms with Crippen LogP contribution in [0.15, 0.2) is 113 Å². The summed E-state index contributed by atoms with van der Waals surface area (Å²) >= 11 is 0. The first kappa shape index (κ1) is 60.4. The molecule has 0 radical (unpaired) electrons. The largest absolute Gasteiger partial charge is 0.489 e. The molecule has 84 heavy (non-hydrogen) atoms. The third-order valence-electron chi connectivity index (χ3n) is 14.4. The minimum Gasteiger partial charge on any atom is -0.489 e. The Balaban J connectivity index is 0.000000204. The maximum absolute atomic E-state index is 13.1. The fraction of sp³-hybridized carbons (Fsp3) is 0.355. The maximum Gasteiger partial charge on any atom is 0.229 e. The number of likely N-dealkylation sites (N-methyl/N-ethyl adjacent to an activating group) is 1. The number of anilines is 9. The van der Waals surface area contributed by atoms with E-state index in [0.717, 1.165) is 87.9 Å². The molecule has 4 aromatic carbocycles. The minimum atomic E-state index is -3.51. The lowest BCUT2D eigenvalue weighted by Crippen LogP contribution is -2.44. The van der Waals surface area contributed by atoms with Crippen LogP contribution in [0.5, 0.6) is 11.5 Å². The second kappa shape index (κ2) is 25.4. The van der Waals surface area contributed by atoms with Gasteiger partial charge in [0.1, 0.15) is 29.0 Å². The number of piperazine rings is 1. The van der Waals surface area contributed by atoms with Crippen molar-refractivity contribution in [2.75, 3.05) is 59.4 Å². The zero-order valence-electron chi connectivity index (χ0n) is 49.7. The molecule has 0 saturated carbocycles. The third-order valence-corrected chi connectivity index (χ3v) is 18.9. The quantitative estimate of drug-likeness (QED) is 0.0440. The summed E-state index contributed by atoms with van der Waals surface area (Å²) in [5, 5.41) is 29.0. The molecule has 0 atom stereocenters. The minimum absolute atomic E-state index is 0.0452. The topological polar surface area (TPSA) is 255 Å². The van der Waals surface area contributed by atoms with Crippen LogP contribution in [0.25, 0.3) is 22.4 Å². The van der Waals surface area contributed by atoms with Gasteiger partial charge in [0.15, 0.2) is 19.7 Å². The predicted molar refractivity (Wildman–Crippen MR) is 333 cm³/mol. The number of aliphatic hydroxyl groups is 1. The highest BCUT2D eigenvalue weighted by molar-refractivity contribution is 7.92. The molecule has 0 spiro atoms. The highest BCUT2D eigenvalue weighted by Gasteiger charge is 2.29. The van der Waals surface area contributed by atoms with Gasteiger partial charge >= 0.3 is 0 Å². The lowest BCUT2D eigenvalue weighted by atomic mass is 9.99. The van der Waals surface area contributed by atoms with Crippen LogP contribution in [-0.4, -0.2) is 118 Å². The van der Waals surface area contributed by atoms with Crippen LogP contribution in [0.1, 0.15) is 88.9 Å². The molecule has 1 aliphatic heterocycles. The van der Waals surface area contributed by atoms with Gasteiger partial charge in [-0.25, -0.2) is 31.8 Å². The van der Waals surface area contributed by atoms with Gasteiger partial charge in [0.2, 0.25) is 11.9 Å². The van der Waals surface area contributed by atoms with Gasteiger partial charge in [-0.3, -0.25) is 5.10 Å². The molecule has 1 saturated heterocycles. The molecule has 0 amide bonds. The lowest BCUT2D eigenvalue weighted by molar-refractivity contribution is 0.243. The summed E-state index contributed by atoms with van der Waals surface area (Å²) in [6.07, 6.45) is 5.79. The number of sulfone groups is 2. The summed E-state index contributed by atoms with van der Waals surface area (Å²) < 4.78 is 64.3. The van der Waals surface area contributed by atoms with E-state index in [2.05, 4.69) is 87.3 Å². The van der Waals surface area contributed by atoms with Crippen molar-refractivity contribution in [3.05, 3.63) is 137 Å². The van der Waals surface area contributed by atoms with Crippen LogP contribution in [-0.2, 0) is 32.7 Å².